The number of benzene rings is 3. The topological polar surface area (TPSA) is 93.8 Å². The molecule has 31 heavy (non-hydrogen) atoms. The fourth-order valence-electron chi connectivity index (χ4n) is 2.74. The monoisotopic (exact) mass is 545 g/mol. The first-order valence-corrected chi connectivity index (χ1v) is 10.7. The van der Waals surface area contributed by atoms with Crippen LogP contribution in [0.15, 0.2) is 74.7 Å². The van der Waals surface area contributed by atoms with E-state index in [4.69, 9.17) is 4.74 Å². The van der Waals surface area contributed by atoms with Gasteiger partial charge in [-0.25, -0.2) is 5.43 Å². The molecule has 1 N–H and O–H groups in total. The Morgan fingerprint density at radius 2 is 1.84 bits per heavy atom. The molecule has 0 saturated heterocycles. The maximum absolute atomic E-state index is 12.2. The molecule has 0 spiro atoms. The molecule has 0 aliphatic rings. The van der Waals surface area contributed by atoms with Gasteiger partial charge in [0.2, 0.25) is 0 Å². The Labute approximate surface area is 195 Å². The average Bonchev–Trinajstić information content (AvgIpc) is 2.73. The van der Waals surface area contributed by atoms with Gasteiger partial charge in [-0.05, 0) is 68.1 Å². The lowest BCUT2D eigenvalue weighted by molar-refractivity contribution is -0.384. The number of non-ortho nitro benzene ring substituents is 1. The quantitative estimate of drug-likeness (QED) is 0.231. The number of hydrogen-bond donors (Lipinski definition) is 1. The number of rotatable bonds is 7. The van der Waals surface area contributed by atoms with Crippen molar-refractivity contribution in [1.29, 1.82) is 0 Å². The molecule has 0 fully saturated rings. The lowest BCUT2D eigenvalue weighted by atomic mass is 10.1. The van der Waals surface area contributed by atoms with E-state index in [1.807, 2.05) is 25.1 Å². The van der Waals surface area contributed by atoms with Crippen molar-refractivity contribution in [3.8, 4) is 5.75 Å². The summed E-state index contributed by atoms with van der Waals surface area (Å²) in [7, 11) is 0. The fraction of sp³-hybridized carbons (Fsp3) is 0.0909. The largest absolute Gasteiger partial charge is 0.487 e. The first-order valence-electron chi connectivity index (χ1n) is 9.09. The summed E-state index contributed by atoms with van der Waals surface area (Å²) in [4.78, 5) is 22.4. The highest BCUT2D eigenvalue weighted by Crippen LogP contribution is 2.35. The van der Waals surface area contributed by atoms with Gasteiger partial charge in [-0.15, -0.1) is 0 Å². The van der Waals surface area contributed by atoms with Gasteiger partial charge in [0.1, 0.15) is 12.4 Å². The Kier molecular flexibility index (Phi) is 7.54. The predicted molar refractivity (Wildman–Crippen MR) is 126 cm³/mol. The minimum atomic E-state index is -0.558. The number of nitrogens with one attached hydrogen (secondary N) is 1. The maximum atomic E-state index is 12.2. The Morgan fingerprint density at radius 1 is 1.13 bits per heavy atom. The van der Waals surface area contributed by atoms with Gasteiger partial charge in [0.25, 0.3) is 11.6 Å². The first-order chi connectivity index (χ1) is 14.8. The van der Waals surface area contributed by atoms with E-state index in [0.29, 0.717) is 17.9 Å². The van der Waals surface area contributed by atoms with E-state index in [1.54, 1.807) is 12.1 Å². The molecule has 9 heteroatoms. The van der Waals surface area contributed by atoms with Crippen LogP contribution in [-0.4, -0.2) is 17.0 Å². The molecule has 1 amide bonds. The molecule has 0 radical (unpaired) electrons. The fourth-order valence-corrected chi connectivity index (χ4v) is 4.19. The predicted octanol–water partition coefficient (Wildman–Crippen LogP) is 5.77. The number of carbonyl (C=O) groups is 1. The third kappa shape index (κ3) is 6.22. The van der Waals surface area contributed by atoms with Crippen LogP contribution in [0.5, 0.6) is 5.75 Å². The molecular weight excluding hydrogens is 530 g/mol. The third-order valence-corrected chi connectivity index (χ3v) is 5.36. The average molecular weight is 547 g/mol. The van der Waals surface area contributed by atoms with Crippen molar-refractivity contribution in [3.05, 3.63) is 102 Å². The number of amides is 1. The summed E-state index contributed by atoms with van der Waals surface area (Å²) in [6.45, 7) is 2.45. The second kappa shape index (κ2) is 10.3. The van der Waals surface area contributed by atoms with Crippen LogP contribution in [0.25, 0.3) is 0 Å². The van der Waals surface area contributed by atoms with Crippen LogP contribution in [0.1, 0.15) is 27.0 Å². The summed E-state index contributed by atoms with van der Waals surface area (Å²) in [6, 6.07) is 17.1. The van der Waals surface area contributed by atoms with Gasteiger partial charge in [0.05, 0.1) is 20.1 Å². The highest BCUT2D eigenvalue weighted by molar-refractivity contribution is 9.11. The molecule has 0 aliphatic carbocycles. The summed E-state index contributed by atoms with van der Waals surface area (Å²) < 4.78 is 7.38. The van der Waals surface area contributed by atoms with E-state index in [0.717, 1.165) is 20.1 Å². The van der Waals surface area contributed by atoms with Crippen molar-refractivity contribution in [3.63, 3.8) is 0 Å². The summed E-state index contributed by atoms with van der Waals surface area (Å²) in [6.07, 6.45) is 1.47. The lowest BCUT2D eigenvalue weighted by Crippen LogP contribution is -2.17. The Hall–Kier alpha value is -3.04. The molecule has 3 aromatic carbocycles. The number of hydrazone groups is 1. The zero-order valence-corrected chi connectivity index (χ0v) is 19.5. The van der Waals surface area contributed by atoms with Crippen molar-refractivity contribution in [2.24, 2.45) is 5.10 Å². The summed E-state index contributed by atoms with van der Waals surface area (Å²) >= 11 is 6.99. The Balaban J connectivity index is 1.65. The molecule has 158 valence electrons. The van der Waals surface area contributed by atoms with Gasteiger partial charge in [0.15, 0.2) is 0 Å². The molecule has 3 rings (SSSR count). The highest BCUT2D eigenvalue weighted by Gasteiger charge is 2.11. The zero-order chi connectivity index (χ0) is 22.4. The van der Waals surface area contributed by atoms with Crippen molar-refractivity contribution >= 4 is 49.7 Å². The van der Waals surface area contributed by atoms with Crippen molar-refractivity contribution in [2.75, 3.05) is 0 Å². The third-order valence-electron chi connectivity index (χ3n) is 4.19. The Bertz CT molecular complexity index is 1140. The van der Waals surface area contributed by atoms with E-state index in [2.05, 4.69) is 48.5 Å². The van der Waals surface area contributed by atoms with Crippen LogP contribution in [0, 0.1) is 17.0 Å². The summed E-state index contributed by atoms with van der Waals surface area (Å²) in [5.74, 6) is 0.107. The van der Waals surface area contributed by atoms with Gasteiger partial charge < -0.3 is 4.74 Å². The molecule has 0 heterocycles. The summed E-state index contributed by atoms with van der Waals surface area (Å²) in [5.41, 5.74) is 5.29. The summed E-state index contributed by atoms with van der Waals surface area (Å²) in [5, 5.41) is 14.8. The van der Waals surface area contributed by atoms with Gasteiger partial charge in [-0.3, -0.25) is 14.9 Å². The molecular formula is C22H17Br2N3O4. The number of nitro benzene ring substituents is 1. The molecule has 0 aromatic heterocycles. The minimum Gasteiger partial charge on any atom is -0.487 e. The van der Waals surface area contributed by atoms with Crippen LogP contribution in [-0.2, 0) is 6.61 Å². The number of ether oxygens (including phenoxy) is 1. The van der Waals surface area contributed by atoms with E-state index >= 15 is 0 Å². The zero-order valence-electron chi connectivity index (χ0n) is 16.3. The molecule has 3 aromatic rings. The number of nitro groups is 1. The van der Waals surface area contributed by atoms with Crippen LogP contribution in [0.3, 0.4) is 0 Å². The maximum Gasteiger partial charge on any atom is 0.271 e. The van der Waals surface area contributed by atoms with E-state index in [1.165, 1.54) is 30.5 Å². The van der Waals surface area contributed by atoms with Gasteiger partial charge in [0, 0.05) is 17.7 Å². The standard InChI is InChI=1S/C22H17Br2N3O4/c1-14-4-2-5-15(8-14)13-31-21-19(23)9-16(10-20(21)24)12-25-26-22(28)17-6-3-7-18(11-17)27(29)30/h2-12H,13H2,1H3,(H,26,28)/b25-12-. The molecule has 0 atom stereocenters. The molecule has 0 saturated carbocycles. The van der Waals surface area contributed by atoms with E-state index in [-0.39, 0.29) is 11.3 Å². The Morgan fingerprint density at radius 3 is 2.52 bits per heavy atom. The van der Waals surface area contributed by atoms with Crippen molar-refractivity contribution in [2.45, 2.75) is 13.5 Å². The number of nitrogens with zero attached hydrogens (tertiary/aromatic N) is 2. The van der Waals surface area contributed by atoms with Crippen LogP contribution >= 0.6 is 31.9 Å². The smallest absolute Gasteiger partial charge is 0.271 e. The normalized spacial score (nSPS) is 10.8. The second-order valence-corrected chi connectivity index (χ2v) is 8.31. The molecule has 0 unspecified atom stereocenters. The van der Waals surface area contributed by atoms with E-state index < -0.39 is 10.8 Å². The minimum absolute atomic E-state index is 0.147. The van der Waals surface area contributed by atoms with Crippen LogP contribution in [0.2, 0.25) is 0 Å². The number of aryl methyl sites for hydroxylation is 1. The van der Waals surface area contributed by atoms with Gasteiger partial charge in [-0.1, -0.05) is 35.9 Å². The first kappa shape index (κ1) is 22.6. The SMILES string of the molecule is Cc1cccc(COc2c(Br)cc(/C=N\NC(=O)c3cccc([N+](=O)[O-])c3)cc2Br)c1. The molecule has 7 nitrogen and oxygen atoms in total. The second-order valence-electron chi connectivity index (χ2n) is 6.60. The van der Waals surface area contributed by atoms with Gasteiger partial charge in [-0.2, -0.15) is 5.10 Å². The highest BCUT2D eigenvalue weighted by atomic mass is 79.9. The number of carbonyl (C=O) groups excluding carboxylic acids is 1. The van der Waals surface area contributed by atoms with Gasteiger partial charge >= 0.3 is 0 Å². The van der Waals surface area contributed by atoms with Crippen molar-refractivity contribution < 1.29 is 14.5 Å². The molecule has 0 aliphatic heterocycles. The van der Waals surface area contributed by atoms with E-state index in [9.17, 15) is 14.9 Å². The van der Waals surface area contributed by atoms with Crippen molar-refractivity contribution in [1.82, 2.24) is 5.43 Å². The lowest BCUT2D eigenvalue weighted by Gasteiger charge is -2.11. The number of hydrogen-bond acceptors (Lipinski definition) is 5. The van der Waals surface area contributed by atoms with Crippen LogP contribution in [0.4, 0.5) is 5.69 Å². The molecule has 0 bridgehead atoms. The van der Waals surface area contributed by atoms with Crippen LogP contribution < -0.4 is 10.2 Å². The number of halogens is 2.